The summed E-state index contributed by atoms with van der Waals surface area (Å²) in [5, 5.41) is 2.19. The van der Waals surface area contributed by atoms with E-state index >= 15 is 0 Å². The van der Waals surface area contributed by atoms with Gasteiger partial charge in [0, 0.05) is 81.5 Å². The van der Waals surface area contributed by atoms with Crippen molar-refractivity contribution in [1.29, 1.82) is 0 Å². The van der Waals surface area contributed by atoms with E-state index in [1.54, 1.807) is 0 Å². The number of fused-ring (bicyclic) bond motifs is 7. The second-order valence-electron chi connectivity index (χ2n) is 21.9. The van der Waals surface area contributed by atoms with Crippen LogP contribution in [0.3, 0.4) is 0 Å². The van der Waals surface area contributed by atoms with Crippen molar-refractivity contribution in [1.82, 2.24) is 0 Å². The molecule has 0 bridgehead atoms. The topological polar surface area (TPSA) is 22.9 Å². The molecular weight excluding hydrogens is 990 g/mol. The van der Waals surface area contributed by atoms with Crippen LogP contribution in [0.25, 0.3) is 21.9 Å². The lowest BCUT2D eigenvalue weighted by atomic mass is 9.33. The van der Waals surface area contributed by atoms with E-state index in [0.29, 0.717) is 0 Å². The first-order valence-electron chi connectivity index (χ1n) is 28.1. The van der Waals surface area contributed by atoms with Gasteiger partial charge in [0.2, 0.25) is 0 Å². The lowest BCUT2D eigenvalue weighted by Crippen LogP contribution is -2.61. The second-order valence-corrected chi connectivity index (χ2v) is 25.0. The molecule has 1 aromatic heterocycles. The average molecular weight is 1050 g/mol. The van der Waals surface area contributed by atoms with Crippen molar-refractivity contribution < 1.29 is 4.42 Å². The Morgan fingerprint density at radius 2 is 0.887 bits per heavy atom. The standard InChI is InChI=1S/C72H58BN3OS.C2H6/c1-49-30-35-54(36-31-49)75-65-42-32-50(2)44-64(65)73-63-41-39-56(74(53-37-33-51(34-38-53)72(3,4)5)55-40-43-70-62(45-55)61-28-18-19-29-69(61)77-70)46-66(63)76(52-20-10-6-11-21-52)68-48-60(47-67(75)71(68)73)78(57-22-12-7-13-23-57,58-24-14-8-15-25-58)59-26-16-9-17-27-59;1-2/h6-48H,1-5H3;1-2H3. The van der Waals surface area contributed by atoms with Crippen LogP contribution in [0.15, 0.2) is 285 Å². The minimum absolute atomic E-state index is 0.00437. The van der Waals surface area contributed by atoms with Gasteiger partial charge in [0.05, 0.1) is 0 Å². The molecule has 11 aromatic carbocycles. The first-order valence-corrected chi connectivity index (χ1v) is 29.7. The maximum atomic E-state index is 6.43. The van der Waals surface area contributed by atoms with Gasteiger partial charge in [-0.15, -0.1) is 10.0 Å². The molecule has 0 spiro atoms. The minimum atomic E-state index is -2.16. The Labute approximate surface area is 473 Å². The molecule has 2 aliphatic rings. The molecule has 0 unspecified atom stereocenters. The van der Waals surface area contributed by atoms with Crippen molar-refractivity contribution >= 4 is 106 Å². The maximum Gasteiger partial charge on any atom is 0.252 e. The summed E-state index contributed by atoms with van der Waals surface area (Å²) in [6.45, 7) is 15.2. The third kappa shape index (κ3) is 8.40. The van der Waals surface area contributed by atoms with Crippen LogP contribution < -0.4 is 31.1 Å². The van der Waals surface area contributed by atoms with Gasteiger partial charge >= 0.3 is 0 Å². The number of para-hydroxylation sites is 2. The number of rotatable bonds is 9. The zero-order valence-corrected chi connectivity index (χ0v) is 47.4. The van der Waals surface area contributed by atoms with Gasteiger partial charge in [-0.05, 0) is 169 Å². The summed E-state index contributed by atoms with van der Waals surface area (Å²) in [6.07, 6.45) is 0. The van der Waals surface area contributed by atoms with E-state index < -0.39 is 10.0 Å². The van der Waals surface area contributed by atoms with Crippen LogP contribution in [0.4, 0.5) is 51.2 Å². The molecule has 2 aliphatic heterocycles. The molecule has 80 heavy (non-hydrogen) atoms. The lowest BCUT2D eigenvalue weighted by molar-refractivity contribution is 0.590. The van der Waals surface area contributed by atoms with Gasteiger partial charge in [-0.1, -0.05) is 179 Å². The second kappa shape index (κ2) is 20.4. The monoisotopic (exact) mass is 1050 g/mol. The third-order valence-electron chi connectivity index (χ3n) is 16.0. The highest BCUT2D eigenvalue weighted by atomic mass is 32.3. The SMILES string of the molecule is CC.Cc1ccc(N2c3ccc(C)cc3B3c4ccc(N(c5ccc(C(C)(C)C)cc5)c5ccc6oc7ccccc7c6c5)cc4N(c4ccccc4)c4cc(S(c5ccccc5)(c5ccccc5)c5ccccc5)cc2c43)cc1. The minimum Gasteiger partial charge on any atom is -0.456 e. The van der Waals surface area contributed by atoms with Crippen molar-refractivity contribution in [2.75, 3.05) is 14.7 Å². The van der Waals surface area contributed by atoms with E-state index in [0.717, 1.165) is 56.1 Å². The molecule has 0 atom stereocenters. The zero-order valence-electron chi connectivity index (χ0n) is 46.6. The summed E-state index contributed by atoms with van der Waals surface area (Å²) in [5.41, 5.74) is 19.4. The summed E-state index contributed by atoms with van der Waals surface area (Å²) in [5.74, 6) is 0. The number of furan rings is 1. The molecule has 12 aromatic rings. The van der Waals surface area contributed by atoms with E-state index in [9.17, 15) is 0 Å². The molecule has 6 heteroatoms. The predicted molar refractivity (Wildman–Crippen MR) is 342 cm³/mol. The van der Waals surface area contributed by atoms with Crippen LogP contribution in [-0.4, -0.2) is 6.71 Å². The molecule has 0 amide bonds. The molecule has 0 aliphatic carbocycles. The van der Waals surface area contributed by atoms with Gasteiger partial charge in [0.1, 0.15) is 11.2 Å². The zero-order chi connectivity index (χ0) is 54.7. The molecule has 0 fully saturated rings. The van der Waals surface area contributed by atoms with E-state index in [4.69, 9.17) is 4.42 Å². The van der Waals surface area contributed by atoms with Gasteiger partial charge < -0.3 is 19.1 Å². The summed E-state index contributed by atoms with van der Waals surface area (Å²) in [4.78, 5) is 12.7. The van der Waals surface area contributed by atoms with Crippen molar-refractivity contribution in [3.8, 4) is 0 Å². The molecular formula is C74H64BN3OS. The van der Waals surface area contributed by atoms with E-state index in [1.165, 1.54) is 69.7 Å². The summed E-state index contributed by atoms with van der Waals surface area (Å²) < 4.78 is 6.43. The quantitative estimate of drug-likeness (QED) is 0.134. The van der Waals surface area contributed by atoms with E-state index in [2.05, 4.69) is 304 Å². The van der Waals surface area contributed by atoms with Crippen molar-refractivity contribution in [3.05, 3.63) is 278 Å². The van der Waals surface area contributed by atoms with Gasteiger partial charge in [-0.2, -0.15) is 0 Å². The highest BCUT2D eigenvalue weighted by Crippen LogP contribution is 2.74. The van der Waals surface area contributed by atoms with Gasteiger partial charge in [-0.25, -0.2) is 0 Å². The molecule has 0 saturated carbocycles. The predicted octanol–water partition coefficient (Wildman–Crippen LogP) is 19.4. The van der Waals surface area contributed by atoms with Crippen LogP contribution in [0.1, 0.15) is 51.3 Å². The summed E-state index contributed by atoms with van der Waals surface area (Å²) in [6, 6.07) is 97.6. The van der Waals surface area contributed by atoms with Gasteiger partial charge in [0.25, 0.3) is 6.71 Å². The number of hydrogen-bond donors (Lipinski definition) is 0. The van der Waals surface area contributed by atoms with Gasteiger partial charge in [-0.3, -0.25) is 0 Å². The Balaban J connectivity index is 0.00000299. The summed E-state index contributed by atoms with van der Waals surface area (Å²) in [7, 11) is -2.16. The van der Waals surface area contributed by atoms with Gasteiger partial charge in [0.15, 0.2) is 0 Å². The van der Waals surface area contributed by atoms with E-state index in [1.807, 2.05) is 19.9 Å². The Bertz CT molecular complexity index is 4120. The highest BCUT2D eigenvalue weighted by molar-refractivity contribution is 8.34. The van der Waals surface area contributed by atoms with Crippen LogP contribution >= 0.6 is 10.0 Å². The first kappa shape index (κ1) is 50.5. The smallest absolute Gasteiger partial charge is 0.252 e. The third-order valence-corrected chi connectivity index (χ3v) is 19.9. The largest absolute Gasteiger partial charge is 0.456 e. The lowest BCUT2D eigenvalue weighted by Gasteiger charge is -2.47. The van der Waals surface area contributed by atoms with Crippen molar-refractivity contribution in [3.63, 3.8) is 0 Å². The number of nitrogens with zero attached hydrogens (tertiary/aromatic N) is 3. The van der Waals surface area contributed by atoms with E-state index in [-0.39, 0.29) is 12.1 Å². The number of anilines is 9. The van der Waals surface area contributed by atoms with Crippen LogP contribution in [0.2, 0.25) is 0 Å². The average Bonchev–Trinajstić information content (AvgIpc) is 2.25. The Morgan fingerprint density at radius 1 is 0.388 bits per heavy atom. The highest BCUT2D eigenvalue weighted by Gasteiger charge is 2.46. The Morgan fingerprint density at radius 3 is 1.50 bits per heavy atom. The number of aryl methyl sites for hydroxylation is 2. The number of hydrogen-bond acceptors (Lipinski definition) is 4. The fourth-order valence-electron chi connectivity index (χ4n) is 12.3. The molecule has 3 heterocycles. The first-order chi connectivity index (χ1) is 39.1. The molecule has 0 radical (unpaired) electrons. The fourth-order valence-corrected chi connectivity index (χ4v) is 16.2. The maximum absolute atomic E-state index is 6.43. The van der Waals surface area contributed by atoms with Crippen molar-refractivity contribution in [2.24, 2.45) is 0 Å². The summed E-state index contributed by atoms with van der Waals surface area (Å²) >= 11 is 0. The molecule has 390 valence electrons. The van der Waals surface area contributed by atoms with Crippen LogP contribution in [0.5, 0.6) is 0 Å². The molecule has 0 N–H and O–H groups in total. The normalized spacial score (nSPS) is 12.8. The van der Waals surface area contributed by atoms with Crippen molar-refractivity contribution in [2.45, 2.75) is 73.5 Å². The van der Waals surface area contributed by atoms with Crippen LogP contribution in [0, 0.1) is 13.8 Å². The molecule has 0 saturated heterocycles. The molecule has 4 nitrogen and oxygen atoms in total. The fraction of sp³-hybridized carbons (Fsp3) is 0.108. The Hall–Kier alpha value is -8.97. The van der Waals surface area contributed by atoms with Crippen LogP contribution in [-0.2, 0) is 5.41 Å². The molecule has 14 rings (SSSR count). The number of benzene rings is 11. The Kier molecular flexibility index (Phi) is 12.9.